The predicted octanol–water partition coefficient (Wildman–Crippen LogP) is 2.55. The number of aliphatic hydroxyl groups is 1. The molecule has 0 bridgehead atoms. The van der Waals surface area contributed by atoms with Gasteiger partial charge >= 0.3 is 0 Å². The number of aromatic nitrogens is 2. The van der Waals surface area contributed by atoms with Gasteiger partial charge in [-0.2, -0.15) is 0 Å². The van der Waals surface area contributed by atoms with E-state index in [1.165, 1.54) is 9.30 Å². The molecular weight excluding hydrogens is 516 g/mol. The number of ether oxygens (including phenoxy) is 3. The van der Waals surface area contributed by atoms with Crippen molar-refractivity contribution in [2.45, 2.75) is 13.5 Å². The first-order valence-corrected chi connectivity index (χ1v) is 12.8. The van der Waals surface area contributed by atoms with E-state index >= 15 is 0 Å². The highest BCUT2D eigenvalue weighted by Gasteiger charge is 2.33. The zero-order valence-corrected chi connectivity index (χ0v) is 21.6. The average molecular weight is 541 g/mol. The number of aryl methyl sites for hydroxylation is 1. The zero-order chi connectivity index (χ0) is 25.9. The van der Waals surface area contributed by atoms with E-state index in [0.717, 1.165) is 22.9 Å². The number of nitrogens with zero attached hydrogens (tertiary/aromatic N) is 3. The Hall–Kier alpha value is -3.45. The molecule has 5 rings (SSSR count). The summed E-state index contributed by atoms with van der Waals surface area (Å²) >= 11 is 6.64. The Balaban J connectivity index is 1.45. The first kappa shape index (κ1) is 25.2. The third-order valence-corrected chi connectivity index (χ3v) is 7.16. The molecular formula is C25H24N4O6S2. The topological polar surface area (TPSA) is 115 Å². The summed E-state index contributed by atoms with van der Waals surface area (Å²) < 4.78 is 18.0. The van der Waals surface area contributed by atoms with Crippen molar-refractivity contribution in [1.29, 1.82) is 0 Å². The molecule has 2 N–H and O–H groups in total. The van der Waals surface area contributed by atoms with Gasteiger partial charge in [-0.25, -0.2) is 4.98 Å². The number of thioether (sulfide) groups is 1. The van der Waals surface area contributed by atoms with Gasteiger partial charge in [0.05, 0.1) is 36.8 Å². The number of hydrogen-bond acceptors (Lipinski definition) is 10. The Morgan fingerprint density at radius 2 is 2.08 bits per heavy atom. The lowest BCUT2D eigenvalue weighted by Crippen LogP contribution is -2.27. The van der Waals surface area contributed by atoms with E-state index in [0.29, 0.717) is 45.3 Å². The second-order valence-electron chi connectivity index (χ2n) is 8.28. The number of amides is 1. The largest absolute Gasteiger partial charge is 0.454 e. The van der Waals surface area contributed by atoms with Crippen molar-refractivity contribution in [3.63, 3.8) is 0 Å². The van der Waals surface area contributed by atoms with E-state index in [4.69, 9.17) is 31.5 Å². The fourth-order valence-corrected chi connectivity index (χ4v) is 5.21. The van der Waals surface area contributed by atoms with E-state index in [1.54, 1.807) is 24.4 Å². The van der Waals surface area contributed by atoms with Crippen molar-refractivity contribution in [2.24, 2.45) is 0 Å². The highest BCUT2D eigenvalue weighted by molar-refractivity contribution is 8.26. The zero-order valence-electron chi connectivity index (χ0n) is 19.9. The van der Waals surface area contributed by atoms with Crippen molar-refractivity contribution in [3.8, 4) is 11.5 Å². The van der Waals surface area contributed by atoms with Crippen LogP contribution in [-0.4, -0.2) is 62.8 Å². The molecule has 12 heteroatoms. The van der Waals surface area contributed by atoms with Gasteiger partial charge < -0.3 is 24.6 Å². The summed E-state index contributed by atoms with van der Waals surface area (Å²) in [5.74, 6) is 1.34. The molecule has 0 atom stereocenters. The summed E-state index contributed by atoms with van der Waals surface area (Å²) in [6, 6.07) is 9.13. The first-order valence-electron chi connectivity index (χ1n) is 11.5. The van der Waals surface area contributed by atoms with Crippen LogP contribution in [0, 0.1) is 6.92 Å². The van der Waals surface area contributed by atoms with Crippen LogP contribution in [-0.2, 0) is 16.1 Å². The predicted molar refractivity (Wildman–Crippen MR) is 144 cm³/mol. The number of carbonyl (C=O) groups excluding carboxylic acids is 1. The van der Waals surface area contributed by atoms with Gasteiger partial charge in [-0.3, -0.25) is 18.9 Å². The summed E-state index contributed by atoms with van der Waals surface area (Å²) in [5.41, 5.74) is 2.12. The Morgan fingerprint density at radius 3 is 2.92 bits per heavy atom. The van der Waals surface area contributed by atoms with Crippen LogP contribution in [0.4, 0.5) is 5.82 Å². The van der Waals surface area contributed by atoms with Crippen molar-refractivity contribution >= 4 is 51.7 Å². The van der Waals surface area contributed by atoms with Crippen molar-refractivity contribution < 1.29 is 24.1 Å². The molecule has 1 fully saturated rings. The molecule has 2 aliphatic rings. The number of hydrogen-bond donors (Lipinski definition) is 2. The molecule has 0 radical (unpaired) electrons. The van der Waals surface area contributed by atoms with Gasteiger partial charge in [0, 0.05) is 12.7 Å². The van der Waals surface area contributed by atoms with Crippen LogP contribution in [0.1, 0.15) is 16.7 Å². The lowest BCUT2D eigenvalue weighted by atomic mass is 10.2. The Labute approximate surface area is 221 Å². The molecule has 2 aromatic heterocycles. The number of thiocarbonyl (C=S) groups is 1. The average Bonchev–Trinajstić information content (AvgIpc) is 3.46. The SMILES string of the molecule is Cc1cccn2c(=O)c(C=C3SC(=S)N(Cc4ccc5c(c4)OCO5)C3=O)c(NCCOCCO)nc12. The van der Waals surface area contributed by atoms with Crippen molar-refractivity contribution in [3.05, 3.63) is 68.5 Å². The van der Waals surface area contributed by atoms with Gasteiger partial charge in [-0.05, 0) is 42.3 Å². The van der Waals surface area contributed by atoms with Crippen LogP contribution in [0.25, 0.3) is 11.7 Å². The van der Waals surface area contributed by atoms with Crippen molar-refractivity contribution in [1.82, 2.24) is 14.3 Å². The van der Waals surface area contributed by atoms with E-state index in [1.807, 2.05) is 25.1 Å². The number of fused-ring (bicyclic) bond motifs is 2. The first-order chi connectivity index (χ1) is 18.0. The smallest absolute Gasteiger partial charge is 0.267 e. The van der Waals surface area contributed by atoms with Gasteiger partial charge in [0.25, 0.3) is 11.5 Å². The van der Waals surface area contributed by atoms with E-state index in [9.17, 15) is 9.59 Å². The number of anilines is 1. The van der Waals surface area contributed by atoms with E-state index in [2.05, 4.69) is 10.3 Å². The Morgan fingerprint density at radius 1 is 1.24 bits per heavy atom. The standard InChI is InChI=1S/C25H24N4O6S2/c1-15-3-2-7-28-22(15)27-21(26-6-9-33-10-8-30)17(23(28)31)12-20-24(32)29(25(36)37-20)13-16-4-5-18-19(11-16)35-14-34-18/h2-5,7,11-12,26,30H,6,8-10,13-14H2,1H3. The quantitative estimate of drug-likeness (QED) is 0.238. The van der Waals surface area contributed by atoms with Gasteiger partial charge in [0.15, 0.2) is 11.5 Å². The molecule has 10 nitrogen and oxygen atoms in total. The second-order valence-corrected chi connectivity index (χ2v) is 9.96. The molecule has 1 aromatic carbocycles. The monoisotopic (exact) mass is 540 g/mol. The minimum atomic E-state index is -0.312. The summed E-state index contributed by atoms with van der Waals surface area (Å²) in [7, 11) is 0. The van der Waals surface area contributed by atoms with E-state index in [-0.39, 0.29) is 43.6 Å². The maximum absolute atomic E-state index is 13.5. The summed E-state index contributed by atoms with van der Waals surface area (Å²) in [4.78, 5) is 33.3. The Bertz CT molecular complexity index is 1470. The molecule has 1 amide bonds. The number of nitrogens with one attached hydrogen (secondary N) is 1. The fourth-order valence-electron chi connectivity index (χ4n) is 3.97. The normalized spacial score (nSPS) is 15.8. The summed E-state index contributed by atoms with van der Waals surface area (Å²) in [6.45, 7) is 3.12. The molecule has 3 aromatic rings. The number of aliphatic hydroxyl groups excluding tert-OH is 1. The molecule has 0 aliphatic carbocycles. The lowest BCUT2D eigenvalue weighted by molar-refractivity contribution is -0.122. The second kappa shape index (κ2) is 10.9. The van der Waals surface area contributed by atoms with Crippen LogP contribution >= 0.6 is 24.0 Å². The molecule has 1 saturated heterocycles. The maximum Gasteiger partial charge on any atom is 0.267 e. The summed E-state index contributed by atoms with van der Waals surface area (Å²) in [6.07, 6.45) is 3.19. The molecule has 2 aliphatic heterocycles. The van der Waals surface area contributed by atoms with Crippen LogP contribution in [0.2, 0.25) is 0 Å². The molecule has 0 spiro atoms. The molecule has 0 saturated carbocycles. The van der Waals surface area contributed by atoms with Gasteiger partial charge in [-0.15, -0.1) is 0 Å². The highest BCUT2D eigenvalue weighted by atomic mass is 32.2. The van der Waals surface area contributed by atoms with Gasteiger partial charge in [-0.1, -0.05) is 36.1 Å². The number of rotatable bonds is 9. The van der Waals surface area contributed by atoms with Crippen molar-refractivity contribution in [2.75, 3.05) is 38.5 Å². The van der Waals surface area contributed by atoms with Crippen LogP contribution < -0.4 is 20.3 Å². The molecule has 192 valence electrons. The van der Waals surface area contributed by atoms with Gasteiger partial charge in [0.1, 0.15) is 15.8 Å². The summed E-state index contributed by atoms with van der Waals surface area (Å²) in [5, 5.41) is 12.0. The third-order valence-electron chi connectivity index (χ3n) is 5.79. The van der Waals surface area contributed by atoms with Crippen LogP contribution in [0.5, 0.6) is 11.5 Å². The van der Waals surface area contributed by atoms with Gasteiger partial charge in [0.2, 0.25) is 6.79 Å². The fraction of sp³-hybridized carbons (Fsp3) is 0.280. The minimum absolute atomic E-state index is 0.0753. The lowest BCUT2D eigenvalue weighted by Gasteiger charge is -2.15. The number of pyridine rings is 1. The van der Waals surface area contributed by atoms with E-state index < -0.39 is 0 Å². The third kappa shape index (κ3) is 5.18. The number of benzene rings is 1. The van der Waals surface area contributed by atoms with Crippen LogP contribution in [0.15, 0.2) is 46.2 Å². The maximum atomic E-state index is 13.5. The Kier molecular flexibility index (Phi) is 7.42. The molecule has 37 heavy (non-hydrogen) atoms. The minimum Gasteiger partial charge on any atom is -0.454 e. The highest BCUT2D eigenvalue weighted by Crippen LogP contribution is 2.36. The molecule has 4 heterocycles. The van der Waals surface area contributed by atoms with Crippen LogP contribution in [0.3, 0.4) is 0 Å². The molecule has 0 unspecified atom stereocenters. The number of carbonyl (C=O) groups is 1.